The Morgan fingerprint density at radius 1 is 1.07 bits per heavy atom. The van der Waals surface area contributed by atoms with E-state index < -0.39 is 5.97 Å². The summed E-state index contributed by atoms with van der Waals surface area (Å²) >= 11 is 1.33. The molecule has 2 aromatic carbocycles. The van der Waals surface area contributed by atoms with Gasteiger partial charge in [-0.3, -0.25) is 4.79 Å². The highest BCUT2D eigenvalue weighted by Gasteiger charge is 2.17. The third-order valence-electron chi connectivity index (χ3n) is 3.80. The Balaban J connectivity index is 1.40. The fraction of sp³-hybridized carbons (Fsp3) is 0.0500. The van der Waals surface area contributed by atoms with Gasteiger partial charge in [0.05, 0.1) is 16.7 Å². The van der Waals surface area contributed by atoms with E-state index in [4.69, 9.17) is 14.2 Å². The van der Waals surface area contributed by atoms with Gasteiger partial charge in [0.25, 0.3) is 5.91 Å². The Labute approximate surface area is 164 Å². The highest BCUT2D eigenvalue weighted by molar-refractivity contribution is 7.12. The van der Waals surface area contributed by atoms with Crippen molar-refractivity contribution in [3.63, 3.8) is 0 Å². The smallest absolute Gasteiger partial charge is 0.343 e. The minimum atomic E-state index is -0.515. The second kappa shape index (κ2) is 7.93. The summed E-state index contributed by atoms with van der Waals surface area (Å²) in [7, 11) is 0. The first-order valence-corrected chi connectivity index (χ1v) is 9.16. The van der Waals surface area contributed by atoms with Crippen molar-refractivity contribution in [2.45, 2.75) is 0 Å². The van der Waals surface area contributed by atoms with E-state index in [2.05, 4.69) is 10.5 Å². The monoisotopic (exact) mass is 394 g/mol. The molecule has 4 rings (SSSR count). The largest absolute Gasteiger partial charge is 0.454 e. The van der Waals surface area contributed by atoms with Gasteiger partial charge in [-0.2, -0.15) is 5.10 Å². The lowest BCUT2D eigenvalue weighted by Crippen LogP contribution is -2.16. The predicted molar refractivity (Wildman–Crippen MR) is 103 cm³/mol. The first-order valence-electron chi connectivity index (χ1n) is 8.28. The Bertz CT molecular complexity index is 1050. The maximum atomic E-state index is 12.4. The molecule has 3 aromatic rings. The lowest BCUT2D eigenvalue weighted by Gasteiger charge is -2.06. The van der Waals surface area contributed by atoms with Gasteiger partial charge in [0.15, 0.2) is 11.5 Å². The number of esters is 1. The minimum absolute atomic E-state index is 0.137. The molecule has 0 bridgehead atoms. The van der Waals surface area contributed by atoms with Gasteiger partial charge in [0.1, 0.15) is 5.75 Å². The average molecular weight is 394 g/mol. The number of nitrogens with zero attached hydrogens (tertiary/aromatic N) is 1. The summed E-state index contributed by atoms with van der Waals surface area (Å²) in [6.45, 7) is 0.137. The lowest BCUT2D eigenvalue weighted by atomic mass is 10.2. The number of benzene rings is 2. The zero-order valence-electron chi connectivity index (χ0n) is 14.5. The van der Waals surface area contributed by atoms with Crippen molar-refractivity contribution in [2.75, 3.05) is 6.79 Å². The molecule has 1 aromatic heterocycles. The number of carbonyl (C=O) groups is 2. The van der Waals surface area contributed by atoms with E-state index in [-0.39, 0.29) is 12.7 Å². The molecular weight excluding hydrogens is 380 g/mol. The number of hydrazone groups is 1. The normalized spacial score (nSPS) is 12.1. The Morgan fingerprint density at radius 3 is 2.82 bits per heavy atom. The maximum Gasteiger partial charge on any atom is 0.343 e. The number of ether oxygens (including phenoxy) is 3. The molecule has 0 aliphatic carbocycles. The Kier molecular flexibility index (Phi) is 5.03. The Hall–Kier alpha value is -3.65. The van der Waals surface area contributed by atoms with Gasteiger partial charge < -0.3 is 14.2 Å². The van der Waals surface area contributed by atoms with Crippen molar-refractivity contribution in [3.05, 3.63) is 76.0 Å². The molecule has 28 heavy (non-hydrogen) atoms. The van der Waals surface area contributed by atoms with Gasteiger partial charge in [0, 0.05) is 0 Å². The van der Waals surface area contributed by atoms with E-state index >= 15 is 0 Å². The van der Waals surface area contributed by atoms with Crippen LogP contribution in [0.1, 0.15) is 25.6 Å². The topological polar surface area (TPSA) is 86.2 Å². The third-order valence-corrected chi connectivity index (χ3v) is 4.67. The van der Waals surface area contributed by atoms with Crippen LogP contribution in [-0.2, 0) is 0 Å². The van der Waals surface area contributed by atoms with Gasteiger partial charge in [-0.1, -0.05) is 18.2 Å². The predicted octanol–water partition coefficient (Wildman–Crippen LogP) is 3.46. The minimum Gasteiger partial charge on any atom is -0.454 e. The van der Waals surface area contributed by atoms with Crippen LogP contribution >= 0.6 is 11.3 Å². The summed E-state index contributed by atoms with van der Waals surface area (Å²) < 4.78 is 15.9. The average Bonchev–Trinajstić information content (AvgIpc) is 3.39. The van der Waals surface area contributed by atoms with E-state index in [0.717, 1.165) is 0 Å². The number of nitrogens with one attached hydrogen (secondary N) is 1. The fourth-order valence-corrected chi connectivity index (χ4v) is 3.09. The number of amides is 1. The molecule has 0 spiro atoms. The summed E-state index contributed by atoms with van der Waals surface area (Å²) in [5, 5.41) is 5.74. The molecular formula is C20H14N2O5S. The van der Waals surface area contributed by atoms with E-state index in [1.807, 2.05) is 5.38 Å². The van der Waals surface area contributed by atoms with E-state index in [9.17, 15) is 9.59 Å². The molecule has 0 saturated carbocycles. The molecule has 2 heterocycles. The lowest BCUT2D eigenvalue weighted by molar-refractivity contribution is 0.0734. The second-order valence-corrected chi connectivity index (χ2v) is 6.65. The van der Waals surface area contributed by atoms with Gasteiger partial charge in [0.2, 0.25) is 6.79 Å². The summed E-state index contributed by atoms with van der Waals surface area (Å²) in [5.41, 5.74) is 3.47. The highest BCUT2D eigenvalue weighted by atomic mass is 32.1. The third kappa shape index (κ3) is 4.02. The molecule has 1 amide bonds. The van der Waals surface area contributed by atoms with E-state index in [0.29, 0.717) is 33.3 Å². The quantitative estimate of drug-likeness (QED) is 0.310. The van der Waals surface area contributed by atoms with Crippen molar-refractivity contribution in [1.82, 2.24) is 5.43 Å². The molecule has 1 N–H and O–H groups in total. The summed E-state index contributed by atoms with van der Waals surface area (Å²) in [6.07, 6.45) is 1.48. The molecule has 8 heteroatoms. The van der Waals surface area contributed by atoms with Crippen LogP contribution < -0.4 is 19.6 Å². The molecule has 0 unspecified atom stereocenters. The van der Waals surface area contributed by atoms with Crippen LogP contribution in [-0.4, -0.2) is 24.9 Å². The van der Waals surface area contributed by atoms with Crippen molar-refractivity contribution < 1.29 is 23.8 Å². The molecule has 1 aliphatic heterocycles. The van der Waals surface area contributed by atoms with Gasteiger partial charge in [-0.25, -0.2) is 10.2 Å². The molecule has 1 aliphatic rings. The molecule has 0 saturated heterocycles. The fourth-order valence-electron chi connectivity index (χ4n) is 2.48. The first-order chi connectivity index (χ1) is 13.7. The maximum absolute atomic E-state index is 12.4. The summed E-state index contributed by atoms with van der Waals surface area (Å²) in [5.74, 6) is 0.669. The molecule has 0 radical (unpaired) electrons. The summed E-state index contributed by atoms with van der Waals surface area (Å²) in [4.78, 5) is 24.8. The van der Waals surface area contributed by atoms with Crippen LogP contribution in [0.5, 0.6) is 17.2 Å². The molecule has 7 nitrogen and oxygen atoms in total. The van der Waals surface area contributed by atoms with Crippen LogP contribution in [0.4, 0.5) is 0 Å². The van der Waals surface area contributed by atoms with Crippen LogP contribution in [0.2, 0.25) is 0 Å². The van der Waals surface area contributed by atoms with Gasteiger partial charge >= 0.3 is 5.97 Å². The number of hydrogen-bond donors (Lipinski definition) is 1. The van der Waals surface area contributed by atoms with Gasteiger partial charge in [-0.15, -0.1) is 11.3 Å². The van der Waals surface area contributed by atoms with Crippen molar-refractivity contribution >= 4 is 29.4 Å². The van der Waals surface area contributed by atoms with E-state index in [1.54, 1.807) is 54.6 Å². The van der Waals surface area contributed by atoms with E-state index in [1.165, 1.54) is 17.6 Å². The standard InChI is InChI=1S/C20H14N2O5S/c23-19(18-5-2-8-28-18)22-21-11-13-3-1-4-15(9-13)27-20(24)14-6-7-16-17(10-14)26-12-25-16/h1-11H,12H2,(H,22,23)/b21-11+. The number of fused-ring (bicyclic) bond motifs is 1. The molecule has 0 atom stereocenters. The highest BCUT2D eigenvalue weighted by Crippen LogP contribution is 2.32. The zero-order valence-corrected chi connectivity index (χ0v) is 15.3. The van der Waals surface area contributed by atoms with Crippen LogP contribution in [0.3, 0.4) is 0 Å². The van der Waals surface area contributed by atoms with Crippen molar-refractivity contribution in [1.29, 1.82) is 0 Å². The number of rotatable bonds is 5. The first kappa shape index (κ1) is 17.7. The second-order valence-electron chi connectivity index (χ2n) is 5.71. The SMILES string of the molecule is O=C(Oc1cccc(/C=N/NC(=O)c2cccs2)c1)c1ccc2c(c1)OCO2. The number of thiophene rings is 1. The van der Waals surface area contributed by atoms with Gasteiger partial charge in [-0.05, 0) is 47.3 Å². The van der Waals surface area contributed by atoms with Crippen LogP contribution in [0.15, 0.2) is 65.1 Å². The van der Waals surface area contributed by atoms with Crippen molar-refractivity contribution in [2.24, 2.45) is 5.10 Å². The zero-order chi connectivity index (χ0) is 19.3. The molecule has 140 valence electrons. The molecule has 0 fully saturated rings. The number of carbonyl (C=O) groups excluding carboxylic acids is 2. The van der Waals surface area contributed by atoms with Crippen molar-refractivity contribution in [3.8, 4) is 17.2 Å². The number of hydrogen-bond acceptors (Lipinski definition) is 7. The summed E-state index contributed by atoms with van der Waals surface area (Å²) in [6, 6.07) is 15.2. The van der Waals surface area contributed by atoms with Crippen LogP contribution in [0.25, 0.3) is 0 Å². The Morgan fingerprint density at radius 2 is 1.96 bits per heavy atom. The van der Waals surface area contributed by atoms with Crippen LogP contribution in [0, 0.1) is 0 Å².